The summed E-state index contributed by atoms with van der Waals surface area (Å²) in [6, 6.07) is 0. The number of allylic oxidation sites excluding steroid dienone is 20. The largest absolute Gasteiger partial charge is 0.462 e. The van der Waals surface area contributed by atoms with Gasteiger partial charge in [-0.1, -0.05) is 296 Å². The fraction of sp³-hybridized carbons (Fsp3) is 0.689. The molecule has 80 heavy (non-hydrogen) atoms. The summed E-state index contributed by atoms with van der Waals surface area (Å²) in [5.41, 5.74) is 0. The van der Waals surface area contributed by atoms with Gasteiger partial charge in [0.15, 0.2) is 6.10 Å². The molecule has 0 aromatic heterocycles. The van der Waals surface area contributed by atoms with Crippen molar-refractivity contribution < 1.29 is 28.6 Å². The van der Waals surface area contributed by atoms with Crippen LogP contribution in [0.3, 0.4) is 0 Å². The highest BCUT2D eigenvalue weighted by Gasteiger charge is 2.19. The summed E-state index contributed by atoms with van der Waals surface area (Å²) >= 11 is 0. The van der Waals surface area contributed by atoms with E-state index in [4.69, 9.17) is 14.2 Å². The van der Waals surface area contributed by atoms with Crippen LogP contribution in [-0.4, -0.2) is 37.2 Å². The molecule has 0 aliphatic heterocycles. The van der Waals surface area contributed by atoms with Crippen molar-refractivity contribution in [1.29, 1.82) is 0 Å². The summed E-state index contributed by atoms with van der Waals surface area (Å²) in [6.45, 7) is 6.52. The lowest BCUT2D eigenvalue weighted by atomic mass is 10.0. The van der Waals surface area contributed by atoms with E-state index >= 15 is 0 Å². The van der Waals surface area contributed by atoms with E-state index in [1.165, 1.54) is 122 Å². The molecule has 0 aromatic rings. The number of ether oxygens (including phenoxy) is 3. The van der Waals surface area contributed by atoms with Gasteiger partial charge in [-0.25, -0.2) is 0 Å². The number of hydrogen-bond acceptors (Lipinski definition) is 6. The molecule has 6 heteroatoms. The Hall–Kier alpha value is -4.19. The predicted molar refractivity (Wildman–Crippen MR) is 348 cm³/mol. The van der Waals surface area contributed by atoms with E-state index in [0.29, 0.717) is 19.3 Å². The van der Waals surface area contributed by atoms with E-state index < -0.39 is 6.10 Å². The Morgan fingerprint density at radius 3 is 0.775 bits per heavy atom. The van der Waals surface area contributed by atoms with E-state index in [1.807, 2.05) is 0 Å². The third-order valence-corrected chi connectivity index (χ3v) is 14.2. The van der Waals surface area contributed by atoms with Gasteiger partial charge in [0.25, 0.3) is 0 Å². The molecule has 456 valence electrons. The fourth-order valence-corrected chi connectivity index (χ4v) is 9.20. The van der Waals surface area contributed by atoms with Crippen molar-refractivity contribution in [2.45, 2.75) is 316 Å². The van der Waals surface area contributed by atoms with Crippen LogP contribution >= 0.6 is 0 Å². The number of unbranched alkanes of at least 4 members (excludes halogenated alkanes) is 29. The molecule has 0 radical (unpaired) electrons. The molecule has 0 aromatic carbocycles. The highest BCUT2D eigenvalue weighted by molar-refractivity contribution is 5.71. The minimum atomic E-state index is -0.792. The van der Waals surface area contributed by atoms with Gasteiger partial charge in [-0.05, 0) is 116 Å². The molecule has 0 N–H and O–H groups in total. The molecule has 1 unspecified atom stereocenters. The molecular weight excluding hydrogens is 985 g/mol. The highest BCUT2D eigenvalue weighted by atomic mass is 16.6. The zero-order chi connectivity index (χ0) is 57.8. The lowest BCUT2D eigenvalue weighted by Gasteiger charge is -2.18. The smallest absolute Gasteiger partial charge is 0.306 e. The number of carbonyl (C=O) groups excluding carboxylic acids is 3. The van der Waals surface area contributed by atoms with Gasteiger partial charge in [0.1, 0.15) is 13.2 Å². The monoisotopic (exact) mass is 1110 g/mol. The Balaban J connectivity index is 4.32. The first-order chi connectivity index (χ1) is 39.5. The minimum Gasteiger partial charge on any atom is -0.462 e. The van der Waals surface area contributed by atoms with Gasteiger partial charge in [-0.15, -0.1) is 0 Å². The maximum absolute atomic E-state index is 12.9. The van der Waals surface area contributed by atoms with Crippen molar-refractivity contribution >= 4 is 17.9 Å². The second kappa shape index (κ2) is 67.3. The number of hydrogen-bond donors (Lipinski definition) is 0. The Morgan fingerprint density at radius 2 is 0.487 bits per heavy atom. The van der Waals surface area contributed by atoms with Crippen LogP contribution in [0.5, 0.6) is 0 Å². The Bertz CT molecular complexity index is 1650. The summed E-state index contributed by atoms with van der Waals surface area (Å²) in [4.78, 5) is 38.3. The summed E-state index contributed by atoms with van der Waals surface area (Å²) in [7, 11) is 0. The van der Waals surface area contributed by atoms with E-state index in [-0.39, 0.29) is 31.1 Å². The van der Waals surface area contributed by atoms with E-state index in [9.17, 15) is 14.4 Å². The third-order valence-electron chi connectivity index (χ3n) is 14.2. The van der Waals surface area contributed by atoms with Crippen molar-refractivity contribution in [3.63, 3.8) is 0 Å². The van der Waals surface area contributed by atoms with E-state index in [2.05, 4.69) is 142 Å². The number of carbonyl (C=O) groups is 3. The first-order valence-corrected chi connectivity index (χ1v) is 33.5. The standard InChI is InChI=1S/C74H124O6/c1-4-7-10-13-16-19-22-25-27-29-30-31-32-33-34-35-36-37-38-39-40-41-42-43-44-45-47-49-52-55-58-61-64-67-73(76)79-70-71(69-78-72(75)66-63-60-57-54-51-48-24-21-18-15-12-9-6-3)80-74(77)68-65-62-59-56-53-50-46-28-26-23-20-17-14-11-8-5-2/h7,10,16,19,25,27-28,30-31,33-34,36-37,39-40,42-43,45-47,71H,4-6,8-9,11-15,17-18,20-24,26,29,32,35,38,41,44,48-70H2,1-3H3/b10-7-,19-16-,27-25-,31-30-,34-33-,37-36-,40-39-,43-42-,46-28-,47-45-. The number of esters is 3. The first-order valence-electron chi connectivity index (χ1n) is 33.5. The molecule has 0 amide bonds. The molecule has 0 rings (SSSR count). The van der Waals surface area contributed by atoms with Crippen LogP contribution < -0.4 is 0 Å². The van der Waals surface area contributed by atoms with Crippen LogP contribution in [0.2, 0.25) is 0 Å². The van der Waals surface area contributed by atoms with Gasteiger partial charge in [0, 0.05) is 19.3 Å². The molecule has 0 heterocycles. The van der Waals surface area contributed by atoms with Crippen LogP contribution in [-0.2, 0) is 28.6 Å². The molecule has 0 spiro atoms. The van der Waals surface area contributed by atoms with Gasteiger partial charge in [0.2, 0.25) is 0 Å². The van der Waals surface area contributed by atoms with E-state index in [1.54, 1.807) is 0 Å². The van der Waals surface area contributed by atoms with Crippen molar-refractivity contribution in [2.24, 2.45) is 0 Å². The van der Waals surface area contributed by atoms with Crippen LogP contribution in [0.1, 0.15) is 310 Å². The molecule has 0 saturated heterocycles. The molecule has 0 fully saturated rings. The Morgan fingerprint density at radius 1 is 0.263 bits per heavy atom. The van der Waals surface area contributed by atoms with E-state index in [0.717, 1.165) is 148 Å². The van der Waals surface area contributed by atoms with Crippen molar-refractivity contribution in [1.82, 2.24) is 0 Å². The summed E-state index contributed by atoms with van der Waals surface area (Å²) < 4.78 is 16.9. The predicted octanol–water partition coefficient (Wildman–Crippen LogP) is 23.2. The molecular formula is C74H124O6. The van der Waals surface area contributed by atoms with Gasteiger partial charge in [-0.3, -0.25) is 14.4 Å². The quantitative estimate of drug-likeness (QED) is 0.0261. The van der Waals surface area contributed by atoms with Crippen LogP contribution in [0.25, 0.3) is 0 Å². The van der Waals surface area contributed by atoms with Crippen LogP contribution in [0.4, 0.5) is 0 Å². The summed E-state index contributed by atoms with van der Waals surface area (Å²) in [5, 5.41) is 0. The second-order valence-corrected chi connectivity index (χ2v) is 22.0. The van der Waals surface area contributed by atoms with Crippen LogP contribution in [0.15, 0.2) is 122 Å². The average Bonchev–Trinajstić information content (AvgIpc) is 3.46. The Labute approximate surface area is 494 Å². The lowest BCUT2D eigenvalue weighted by Crippen LogP contribution is -2.30. The zero-order valence-corrected chi connectivity index (χ0v) is 52.3. The molecule has 1 atom stereocenters. The highest BCUT2D eigenvalue weighted by Crippen LogP contribution is 2.16. The zero-order valence-electron chi connectivity index (χ0n) is 52.3. The average molecular weight is 1110 g/mol. The summed E-state index contributed by atoms with van der Waals surface area (Å²) in [5.74, 6) is -0.907. The molecule has 6 nitrogen and oxygen atoms in total. The first kappa shape index (κ1) is 75.8. The Kier molecular flexibility index (Phi) is 63.8. The van der Waals surface area contributed by atoms with Gasteiger partial charge >= 0.3 is 17.9 Å². The van der Waals surface area contributed by atoms with Gasteiger partial charge in [0.05, 0.1) is 0 Å². The maximum Gasteiger partial charge on any atom is 0.306 e. The molecule has 0 aliphatic rings. The lowest BCUT2D eigenvalue weighted by molar-refractivity contribution is -0.167. The molecule has 0 saturated carbocycles. The van der Waals surface area contributed by atoms with Gasteiger partial charge < -0.3 is 14.2 Å². The molecule has 0 bridgehead atoms. The SMILES string of the molecule is CC/C=C\C/C=C\C/C=C\C/C=C\C/C=C\C/C=C\C/C=C\C/C=C\C/C=C\CCCCCCCC(=O)OCC(COC(=O)CCCCCCCCCCCCCCC)OC(=O)CCCCCCC/C=C\CCCCCCCCC. The van der Waals surface area contributed by atoms with Gasteiger partial charge in [-0.2, -0.15) is 0 Å². The topological polar surface area (TPSA) is 78.9 Å². The summed E-state index contributed by atoms with van der Waals surface area (Å²) in [6.07, 6.45) is 93.5. The van der Waals surface area contributed by atoms with Crippen molar-refractivity contribution in [2.75, 3.05) is 13.2 Å². The van der Waals surface area contributed by atoms with Crippen molar-refractivity contribution in [3.8, 4) is 0 Å². The number of rotatable bonds is 60. The minimum absolute atomic E-state index is 0.0861. The fourth-order valence-electron chi connectivity index (χ4n) is 9.20. The normalized spacial score (nSPS) is 12.9. The molecule has 0 aliphatic carbocycles. The second-order valence-electron chi connectivity index (χ2n) is 22.0. The van der Waals surface area contributed by atoms with Crippen LogP contribution in [0, 0.1) is 0 Å². The maximum atomic E-state index is 12.9. The van der Waals surface area contributed by atoms with Crippen molar-refractivity contribution in [3.05, 3.63) is 122 Å². The third kappa shape index (κ3) is 64.6.